The number of hydrogen-bond donors (Lipinski definition) is 1. The van der Waals surface area contributed by atoms with Gasteiger partial charge in [0.2, 0.25) is 5.91 Å². The van der Waals surface area contributed by atoms with Crippen LogP contribution in [0.4, 0.5) is 4.39 Å². The van der Waals surface area contributed by atoms with Crippen molar-refractivity contribution in [2.45, 2.75) is 18.9 Å². The second kappa shape index (κ2) is 10.3. The summed E-state index contributed by atoms with van der Waals surface area (Å²) in [5.74, 6) is 0.997. The van der Waals surface area contributed by atoms with Gasteiger partial charge in [-0.3, -0.25) is 4.79 Å². The number of carbonyl (C=O) groups excluding carboxylic acids is 1. The molecule has 0 bridgehead atoms. The normalized spacial score (nSPS) is 11.5. The molecule has 1 N–H and O–H groups in total. The van der Waals surface area contributed by atoms with Crippen LogP contribution in [-0.2, 0) is 4.79 Å². The summed E-state index contributed by atoms with van der Waals surface area (Å²) in [6.07, 6.45) is 0.897. The topological polar surface area (TPSA) is 47.6 Å². The lowest BCUT2D eigenvalue weighted by Gasteiger charge is -2.20. The SMILES string of the molecule is COc1ccc(C(NC(=O)CCCOc2ccc(F)cc2)c2ccccc2)cc1. The zero-order valence-corrected chi connectivity index (χ0v) is 16.3. The number of halogens is 1. The van der Waals surface area contributed by atoms with Gasteiger partial charge in [0, 0.05) is 6.42 Å². The average molecular weight is 393 g/mol. The van der Waals surface area contributed by atoms with Crippen LogP contribution >= 0.6 is 0 Å². The minimum absolute atomic E-state index is 0.0580. The van der Waals surface area contributed by atoms with Crippen LogP contribution in [0.1, 0.15) is 30.0 Å². The summed E-state index contributed by atoms with van der Waals surface area (Å²) in [5, 5.41) is 3.11. The fourth-order valence-corrected chi connectivity index (χ4v) is 2.99. The predicted molar refractivity (Wildman–Crippen MR) is 111 cm³/mol. The van der Waals surface area contributed by atoms with E-state index in [2.05, 4.69) is 5.32 Å². The molecule has 3 rings (SSSR count). The smallest absolute Gasteiger partial charge is 0.220 e. The molecule has 4 nitrogen and oxygen atoms in total. The van der Waals surface area contributed by atoms with E-state index in [0.29, 0.717) is 25.2 Å². The Morgan fingerprint density at radius 3 is 2.17 bits per heavy atom. The molecule has 0 saturated carbocycles. The zero-order chi connectivity index (χ0) is 20.5. The van der Waals surface area contributed by atoms with E-state index in [0.717, 1.165) is 16.9 Å². The summed E-state index contributed by atoms with van der Waals surface area (Å²) in [6, 6.07) is 23.1. The van der Waals surface area contributed by atoms with Gasteiger partial charge < -0.3 is 14.8 Å². The molecular formula is C24H24FNO3. The molecule has 1 atom stereocenters. The lowest BCUT2D eigenvalue weighted by Crippen LogP contribution is -2.29. The number of amides is 1. The molecule has 0 aromatic heterocycles. The molecule has 3 aromatic carbocycles. The monoisotopic (exact) mass is 393 g/mol. The molecule has 0 fully saturated rings. The Hall–Kier alpha value is -3.34. The van der Waals surface area contributed by atoms with Crippen molar-refractivity contribution < 1.29 is 18.7 Å². The lowest BCUT2D eigenvalue weighted by molar-refractivity contribution is -0.121. The number of methoxy groups -OCH3 is 1. The van der Waals surface area contributed by atoms with Crippen LogP contribution in [-0.4, -0.2) is 19.6 Å². The van der Waals surface area contributed by atoms with Gasteiger partial charge in [0.25, 0.3) is 0 Å². The quantitative estimate of drug-likeness (QED) is 0.526. The summed E-state index contributed by atoms with van der Waals surface area (Å²) in [7, 11) is 1.62. The second-order valence-electron chi connectivity index (χ2n) is 6.59. The van der Waals surface area contributed by atoms with Gasteiger partial charge in [-0.25, -0.2) is 4.39 Å². The largest absolute Gasteiger partial charge is 0.497 e. The van der Waals surface area contributed by atoms with Gasteiger partial charge in [-0.05, 0) is 53.9 Å². The molecule has 0 aliphatic carbocycles. The standard InChI is InChI=1S/C24H24FNO3/c1-28-21-13-9-19(10-14-21)24(18-6-3-2-4-7-18)26-23(27)8-5-17-29-22-15-11-20(25)12-16-22/h2-4,6-7,9-16,24H,5,8,17H2,1H3,(H,26,27). The number of rotatable bonds is 9. The molecular weight excluding hydrogens is 369 g/mol. The maximum Gasteiger partial charge on any atom is 0.220 e. The van der Waals surface area contributed by atoms with E-state index < -0.39 is 0 Å². The number of ether oxygens (including phenoxy) is 2. The van der Waals surface area contributed by atoms with Crippen LogP contribution in [0.25, 0.3) is 0 Å². The minimum atomic E-state index is -0.304. The first-order valence-electron chi connectivity index (χ1n) is 9.52. The van der Waals surface area contributed by atoms with Crippen molar-refractivity contribution in [2.75, 3.05) is 13.7 Å². The van der Waals surface area contributed by atoms with E-state index >= 15 is 0 Å². The number of benzene rings is 3. The van der Waals surface area contributed by atoms with Gasteiger partial charge in [0.05, 0.1) is 19.8 Å². The number of nitrogens with one attached hydrogen (secondary N) is 1. The summed E-state index contributed by atoms with van der Waals surface area (Å²) < 4.78 is 23.7. The van der Waals surface area contributed by atoms with Gasteiger partial charge >= 0.3 is 0 Å². The van der Waals surface area contributed by atoms with Crippen LogP contribution < -0.4 is 14.8 Å². The van der Waals surface area contributed by atoms with Crippen molar-refractivity contribution in [3.05, 3.63) is 95.8 Å². The van der Waals surface area contributed by atoms with Gasteiger partial charge in [0.15, 0.2) is 0 Å². The van der Waals surface area contributed by atoms with Crippen molar-refractivity contribution in [3.63, 3.8) is 0 Å². The van der Waals surface area contributed by atoms with Crippen molar-refractivity contribution >= 4 is 5.91 Å². The summed E-state index contributed by atoms with van der Waals surface area (Å²) >= 11 is 0. The van der Waals surface area contributed by atoms with Crippen LogP contribution in [0.3, 0.4) is 0 Å². The molecule has 0 spiro atoms. The molecule has 0 aliphatic rings. The zero-order valence-electron chi connectivity index (χ0n) is 16.3. The minimum Gasteiger partial charge on any atom is -0.497 e. The maximum atomic E-state index is 12.9. The summed E-state index contributed by atoms with van der Waals surface area (Å²) in [4.78, 5) is 12.5. The van der Waals surface area contributed by atoms with Gasteiger partial charge in [-0.15, -0.1) is 0 Å². The first-order chi connectivity index (χ1) is 14.2. The Morgan fingerprint density at radius 1 is 0.897 bits per heavy atom. The van der Waals surface area contributed by atoms with Crippen molar-refractivity contribution in [1.29, 1.82) is 0 Å². The van der Waals surface area contributed by atoms with Gasteiger partial charge in [-0.2, -0.15) is 0 Å². The molecule has 1 amide bonds. The van der Waals surface area contributed by atoms with E-state index in [9.17, 15) is 9.18 Å². The van der Waals surface area contributed by atoms with E-state index in [4.69, 9.17) is 9.47 Å². The van der Waals surface area contributed by atoms with E-state index in [-0.39, 0.29) is 17.8 Å². The Bertz CT molecular complexity index is 896. The van der Waals surface area contributed by atoms with Crippen molar-refractivity contribution in [3.8, 4) is 11.5 Å². The molecule has 3 aromatic rings. The fourth-order valence-electron chi connectivity index (χ4n) is 2.99. The van der Waals surface area contributed by atoms with Crippen molar-refractivity contribution in [1.82, 2.24) is 5.32 Å². The highest BCUT2D eigenvalue weighted by Gasteiger charge is 2.16. The third-order valence-electron chi connectivity index (χ3n) is 4.52. The second-order valence-corrected chi connectivity index (χ2v) is 6.59. The highest BCUT2D eigenvalue weighted by Crippen LogP contribution is 2.24. The average Bonchev–Trinajstić information content (AvgIpc) is 2.77. The Labute approximate surface area is 170 Å². The van der Waals surface area contributed by atoms with E-state index in [1.54, 1.807) is 19.2 Å². The molecule has 1 unspecified atom stereocenters. The first kappa shape index (κ1) is 20.4. The predicted octanol–water partition coefficient (Wildman–Crippen LogP) is 4.90. The van der Waals surface area contributed by atoms with Crippen LogP contribution in [0.5, 0.6) is 11.5 Å². The van der Waals surface area contributed by atoms with Crippen LogP contribution in [0, 0.1) is 5.82 Å². The molecule has 0 saturated heterocycles. The number of carbonyl (C=O) groups is 1. The summed E-state index contributed by atoms with van der Waals surface area (Å²) in [5.41, 5.74) is 1.99. The summed E-state index contributed by atoms with van der Waals surface area (Å²) in [6.45, 7) is 0.386. The molecule has 0 radical (unpaired) electrons. The van der Waals surface area contributed by atoms with E-state index in [1.807, 2.05) is 54.6 Å². The highest BCUT2D eigenvalue weighted by atomic mass is 19.1. The van der Waals surface area contributed by atoms with Crippen LogP contribution in [0.2, 0.25) is 0 Å². The van der Waals surface area contributed by atoms with Gasteiger partial charge in [-0.1, -0.05) is 42.5 Å². The molecule has 29 heavy (non-hydrogen) atoms. The molecule has 0 aliphatic heterocycles. The maximum absolute atomic E-state index is 12.9. The molecule has 150 valence electrons. The van der Waals surface area contributed by atoms with Crippen molar-refractivity contribution in [2.24, 2.45) is 0 Å². The first-order valence-corrected chi connectivity index (χ1v) is 9.52. The third-order valence-corrected chi connectivity index (χ3v) is 4.52. The Balaban J connectivity index is 1.58. The Kier molecular flexibility index (Phi) is 7.22. The fraction of sp³-hybridized carbons (Fsp3) is 0.208. The third kappa shape index (κ3) is 6.07. The highest BCUT2D eigenvalue weighted by molar-refractivity contribution is 5.77. The number of hydrogen-bond acceptors (Lipinski definition) is 3. The molecule has 0 heterocycles. The van der Waals surface area contributed by atoms with Crippen LogP contribution in [0.15, 0.2) is 78.9 Å². The lowest BCUT2D eigenvalue weighted by atomic mass is 9.98. The molecule has 5 heteroatoms. The van der Waals surface area contributed by atoms with E-state index in [1.165, 1.54) is 12.1 Å². The van der Waals surface area contributed by atoms with Gasteiger partial charge in [0.1, 0.15) is 17.3 Å². The Morgan fingerprint density at radius 2 is 1.52 bits per heavy atom.